The number of hydrogen-bond acceptors (Lipinski definition) is 6. The number of benzene rings is 3. The van der Waals surface area contributed by atoms with Gasteiger partial charge in [0.25, 0.3) is 5.91 Å². The number of anilines is 1. The van der Waals surface area contributed by atoms with Gasteiger partial charge in [0.1, 0.15) is 12.3 Å². The van der Waals surface area contributed by atoms with Gasteiger partial charge in [-0.15, -0.1) is 0 Å². The number of esters is 1. The van der Waals surface area contributed by atoms with Crippen LogP contribution in [0.4, 0.5) is 5.69 Å². The summed E-state index contributed by atoms with van der Waals surface area (Å²) in [6.07, 6.45) is -1.30. The minimum Gasteiger partial charge on any atom is -0.495 e. The number of likely N-dealkylation sites (N-methyl/N-ethyl adjacent to an activating group) is 1. The number of carbonyl (C=O) groups excluding carboxylic acids is 2. The molecule has 0 aliphatic heterocycles. The van der Waals surface area contributed by atoms with Crippen molar-refractivity contribution < 1.29 is 27.5 Å². The smallest absolute Gasteiger partial charge is 0.322 e. The van der Waals surface area contributed by atoms with Crippen LogP contribution < -0.4 is 10.1 Å². The van der Waals surface area contributed by atoms with Crippen molar-refractivity contribution in [2.24, 2.45) is 0 Å². The lowest BCUT2D eigenvalue weighted by atomic mass is 10.1. The molecule has 3 aromatic rings. The molecule has 9 heteroatoms. The average molecular weight is 497 g/mol. The van der Waals surface area contributed by atoms with Crippen LogP contribution >= 0.6 is 0 Å². The zero-order chi connectivity index (χ0) is 25.6. The lowest BCUT2D eigenvalue weighted by Gasteiger charge is -2.21. The van der Waals surface area contributed by atoms with Gasteiger partial charge in [0.05, 0.1) is 17.7 Å². The summed E-state index contributed by atoms with van der Waals surface area (Å²) in [7, 11) is -1.15. The maximum Gasteiger partial charge on any atom is 0.322 e. The first-order valence-corrected chi connectivity index (χ1v) is 12.3. The molecular weight excluding hydrogens is 468 g/mol. The standard InChI is InChI=1S/C26H28N2O6S/c1-18-10-13-21(14-11-18)35(31,32)28(3)17-24(29)34-25(20-8-6-5-7-9-20)26(30)27-22-16-19(2)12-15-23(22)33-4/h5-16,25H,17H2,1-4H3,(H,27,30)/t25-/m1/s1. The van der Waals surface area contributed by atoms with Gasteiger partial charge >= 0.3 is 5.97 Å². The molecule has 0 bridgehead atoms. The van der Waals surface area contributed by atoms with Crippen molar-refractivity contribution >= 4 is 27.6 Å². The van der Waals surface area contributed by atoms with E-state index in [4.69, 9.17) is 9.47 Å². The molecule has 0 aliphatic carbocycles. The second-order valence-electron chi connectivity index (χ2n) is 8.05. The first kappa shape index (κ1) is 25.9. The van der Waals surface area contributed by atoms with Crippen molar-refractivity contribution in [2.45, 2.75) is 24.8 Å². The number of methoxy groups -OCH3 is 1. The summed E-state index contributed by atoms with van der Waals surface area (Å²) in [6.45, 7) is 3.15. The third kappa shape index (κ3) is 6.46. The number of nitrogens with one attached hydrogen (secondary N) is 1. The number of aryl methyl sites for hydroxylation is 2. The van der Waals surface area contributed by atoms with Crippen LogP contribution in [0.15, 0.2) is 77.7 Å². The highest BCUT2D eigenvalue weighted by molar-refractivity contribution is 7.89. The predicted molar refractivity (Wildman–Crippen MR) is 133 cm³/mol. The SMILES string of the molecule is COc1ccc(C)cc1NC(=O)[C@H](OC(=O)CN(C)S(=O)(=O)c1ccc(C)cc1)c1ccccc1. The molecule has 0 aromatic heterocycles. The van der Waals surface area contributed by atoms with Crippen LogP contribution in [0, 0.1) is 13.8 Å². The van der Waals surface area contributed by atoms with Crippen LogP contribution in [0.2, 0.25) is 0 Å². The molecule has 8 nitrogen and oxygen atoms in total. The zero-order valence-corrected chi connectivity index (χ0v) is 20.8. The largest absolute Gasteiger partial charge is 0.495 e. The van der Waals surface area contributed by atoms with E-state index in [2.05, 4.69) is 5.32 Å². The van der Waals surface area contributed by atoms with E-state index < -0.39 is 34.5 Å². The van der Waals surface area contributed by atoms with Crippen molar-refractivity contribution in [2.75, 3.05) is 26.0 Å². The lowest BCUT2D eigenvalue weighted by Crippen LogP contribution is -2.35. The monoisotopic (exact) mass is 496 g/mol. The molecule has 0 aliphatic rings. The quantitative estimate of drug-likeness (QED) is 0.452. The van der Waals surface area contributed by atoms with E-state index in [1.54, 1.807) is 54.6 Å². The van der Waals surface area contributed by atoms with Crippen LogP contribution in [0.3, 0.4) is 0 Å². The molecule has 0 radical (unpaired) electrons. The van der Waals surface area contributed by atoms with Gasteiger partial charge in [-0.05, 0) is 43.7 Å². The molecule has 1 N–H and O–H groups in total. The highest BCUT2D eigenvalue weighted by Gasteiger charge is 2.29. The van der Waals surface area contributed by atoms with E-state index >= 15 is 0 Å². The van der Waals surface area contributed by atoms with Crippen LogP contribution in [-0.2, 0) is 24.3 Å². The van der Waals surface area contributed by atoms with Crippen LogP contribution in [0.1, 0.15) is 22.8 Å². The molecule has 3 rings (SSSR count). The highest BCUT2D eigenvalue weighted by atomic mass is 32.2. The summed E-state index contributed by atoms with van der Waals surface area (Å²) in [6, 6.07) is 20.1. The summed E-state index contributed by atoms with van der Waals surface area (Å²) in [5.74, 6) is -1.02. The van der Waals surface area contributed by atoms with Gasteiger partial charge in [-0.2, -0.15) is 4.31 Å². The molecule has 1 amide bonds. The molecule has 184 valence electrons. The summed E-state index contributed by atoms with van der Waals surface area (Å²) >= 11 is 0. The number of ether oxygens (including phenoxy) is 2. The van der Waals surface area contributed by atoms with Crippen LogP contribution in [-0.4, -0.2) is 45.3 Å². The Bertz CT molecular complexity index is 1290. The number of sulfonamides is 1. The highest BCUT2D eigenvalue weighted by Crippen LogP contribution is 2.28. The van der Waals surface area contributed by atoms with Gasteiger partial charge in [0.15, 0.2) is 0 Å². The minimum atomic E-state index is -3.92. The Kier molecular flexibility index (Phi) is 8.26. The van der Waals surface area contributed by atoms with E-state index in [1.807, 2.05) is 19.9 Å². The Morgan fingerprint density at radius 1 is 0.943 bits per heavy atom. The first-order chi connectivity index (χ1) is 16.6. The fourth-order valence-electron chi connectivity index (χ4n) is 3.34. The third-order valence-corrected chi connectivity index (χ3v) is 7.10. The Balaban J connectivity index is 1.79. The summed E-state index contributed by atoms with van der Waals surface area (Å²) in [4.78, 5) is 26.0. The van der Waals surface area contributed by atoms with E-state index in [9.17, 15) is 18.0 Å². The maximum absolute atomic E-state index is 13.2. The molecule has 3 aromatic carbocycles. The molecule has 0 unspecified atom stereocenters. The number of nitrogens with zero attached hydrogens (tertiary/aromatic N) is 1. The molecule has 0 fully saturated rings. The normalized spacial score (nSPS) is 12.1. The predicted octanol–water partition coefficient (Wildman–Crippen LogP) is 3.86. The fraction of sp³-hybridized carbons (Fsp3) is 0.231. The molecule has 35 heavy (non-hydrogen) atoms. The Morgan fingerprint density at radius 2 is 1.57 bits per heavy atom. The topological polar surface area (TPSA) is 102 Å². The molecule has 0 heterocycles. The van der Waals surface area contributed by atoms with Crippen molar-refractivity contribution in [1.82, 2.24) is 4.31 Å². The Labute approximate surface area is 205 Å². The minimum absolute atomic E-state index is 0.0577. The Morgan fingerprint density at radius 3 is 2.20 bits per heavy atom. The van der Waals surface area contributed by atoms with Gasteiger partial charge < -0.3 is 14.8 Å². The van der Waals surface area contributed by atoms with E-state index in [0.29, 0.717) is 17.0 Å². The molecule has 0 spiro atoms. The average Bonchev–Trinajstić information content (AvgIpc) is 2.83. The summed E-state index contributed by atoms with van der Waals surface area (Å²) < 4.78 is 37.4. The number of amides is 1. The number of rotatable bonds is 9. The van der Waals surface area contributed by atoms with Gasteiger partial charge in [-0.1, -0.05) is 54.1 Å². The number of carbonyl (C=O) groups is 2. The van der Waals surface area contributed by atoms with Gasteiger partial charge in [-0.25, -0.2) is 8.42 Å². The second-order valence-corrected chi connectivity index (χ2v) is 10.1. The van der Waals surface area contributed by atoms with E-state index in [-0.39, 0.29) is 4.90 Å². The second kappa shape index (κ2) is 11.2. The summed E-state index contributed by atoms with van der Waals surface area (Å²) in [5, 5.41) is 2.75. The molecule has 1 atom stereocenters. The number of hydrogen-bond donors (Lipinski definition) is 1. The molecule has 0 saturated heterocycles. The van der Waals surface area contributed by atoms with Crippen molar-refractivity contribution in [1.29, 1.82) is 0 Å². The first-order valence-electron chi connectivity index (χ1n) is 10.8. The third-order valence-electron chi connectivity index (χ3n) is 5.28. The Hall–Kier alpha value is -3.69. The molecule has 0 saturated carbocycles. The maximum atomic E-state index is 13.2. The fourth-order valence-corrected chi connectivity index (χ4v) is 4.46. The van der Waals surface area contributed by atoms with Crippen molar-refractivity contribution in [3.05, 3.63) is 89.5 Å². The lowest BCUT2D eigenvalue weighted by molar-refractivity contribution is -0.154. The van der Waals surface area contributed by atoms with Crippen LogP contribution in [0.5, 0.6) is 5.75 Å². The summed E-state index contributed by atoms with van der Waals surface area (Å²) in [5.41, 5.74) is 2.67. The van der Waals surface area contributed by atoms with Gasteiger partial charge in [0.2, 0.25) is 16.1 Å². The van der Waals surface area contributed by atoms with Gasteiger partial charge in [-0.3, -0.25) is 9.59 Å². The van der Waals surface area contributed by atoms with E-state index in [1.165, 1.54) is 26.3 Å². The van der Waals surface area contributed by atoms with E-state index in [0.717, 1.165) is 15.4 Å². The van der Waals surface area contributed by atoms with Gasteiger partial charge in [0, 0.05) is 12.6 Å². The van der Waals surface area contributed by atoms with Crippen molar-refractivity contribution in [3.8, 4) is 5.75 Å². The van der Waals surface area contributed by atoms with Crippen molar-refractivity contribution in [3.63, 3.8) is 0 Å². The molecular formula is C26H28N2O6S. The zero-order valence-electron chi connectivity index (χ0n) is 20.0. The van der Waals surface area contributed by atoms with Crippen LogP contribution in [0.25, 0.3) is 0 Å².